The zero-order valence-electron chi connectivity index (χ0n) is 12.8. The van der Waals surface area contributed by atoms with Crippen LogP contribution in [0.15, 0.2) is 11.8 Å². The maximum Gasteiger partial charge on any atom is 0.0606 e. The molecule has 0 saturated carbocycles. The lowest BCUT2D eigenvalue weighted by molar-refractivity contribution is 0.237. The quantitative estimate of drug-likeness (QED) is 0.668. The molecule has 1 aliphatic heterocycles. The van der Waals surface area contributed by atoms with Gasteiger partial charge in [-0.25, -0.2) is 0 Å². The maximum absolute atomic E-state index is 2.71. The molecule has 0 aliphatic carbocycles. The molecule has 18 heavy (non-hydrogen) atoms. The van der Waals surface area contributed by atoms with E-state index in [0.717, 1.165) is 0 Å². The van der Waals surface area contributed by atoms with E-state index in [9.17, 15) is 0 Å². The zero-order valence-corrected chi connectivity index (χ0v) is 14.0. The van der Waals surface area contributed by atoms with E-state index in [1.807, 2.05) is 0 Å². The van der Waals surface area contributed by atoms with E-state index in [1.165, 1.54) is 63.7 Å². The Labute approximate surface area is 116 Å². The van der Waals surface area contributed by atoms with Crippen molar-refractivity contribution in [1.82, 2.24) is 4.90 Å². The normalized spacial score (nSPS) is 21.8. The van der Waals surface area contributed by atoms with Gasteiger partial charge in [0, 0.05) is 6.04 Å². The van der Waals surface area contributed by atoms with Crippen LogP contribution in [-0.2, 0) is 0 Å². The van der Waals surface area contributed by atoms with Gasteiger partial charge in [0.25, 0.3) is 0 Å². The van der Waals surface area contributed by atoms with Gasteiger partial charge in [-0.15, -0.1) is 5.70 Å². The fourth-order valence-electron chi connectivity index (χ4n) is 2.86. The molecule has 0 bridgehead atoms. The van der Waals surface area contributed by atoms with Gasteiger partial charge in [0.05, 0.1) is 8.80 Å². The van der Waals surface area contributed by atoms with Crippen molar-refractivity contribution in [3.63, 3.8) is 0 Å². The second kappa shape index (κ2) is 9.80. The molecule has 106 valence electrons. The Balaban J connectivity index is 2.43. The van der Waals surface area contributed by atoms with E-state index >= 15 is 0 Å². The predicted octanol–water partition coefficient (Wildman–Crippen LogP) is 4.39. The van der Waals surface area contributed by atoms with Crippen molar-refractivity contribution in [3.8, 4) is 0 Å². The largest absolute Gasteiger partial charge is 0.297 e. The van der Waals surface area contributed by atoms with E-state index in [0.29, 0.717) is 6.04 Å². The number of hydrogen-bond donors (Lipinski definition) is 0. The second-order valence-corrected chi connectivity index (χ2v) is 9.40. The van der Waals surface area contributed by atoms with Crippen molar-refractivity contribution in [2.45, 2.75) is 77.4 Å². The first-order chi connectivity index (χ1) is 8.77. The smallest absolute Gasteiger partial charge is 0.0606 e. The molecular formula is C16H33NSi. The molecule has 0 radical (unpaired) electrons. The summed E-state index contributed by atoms with van der Waals surface area (Å²) in [7, 11) is -0.539. The van der Waals surface area contributed by atoms with Crippen LogP contribution in [0.4, 0.5) is 0 Å². The Bertz CT molecular complexity index is 213. The minimum Gasteiger partial charge on any atom is -0.297 e. The zero-order chi connectivity index (χ0) is 13.2. The lowest BCUT2D eigenvalue weighted by Gasteiger charge is -2.26. The molecule has 1 aliphatic rings. The first kappa shape index (κ1) is 16.0. The van der Waals surface area contributed by atoms with Crippen LogP contribution in [0.1, 0.15) is 59.3 Å². The molecule has 1 unspecified atom stereocenters. The molecule has 0 aromatic rings. The average Bonchev–Trinajstić information content (AvgIpc) is 2.53. The highest BCUT2D eigenvalue weighted by Gasteiger charge is 2.12. The summed E-state index contributed by atoms with van der Waals surface area (Å²) in [5, 5.41) is 0. The molecule has 1 nitrogen and oxygen atoms in total. The van der Waals surface area contributed by atoms with Crippen LogP contribution in [0.25, 0.3) is 0 Å². The molecular weight excluding hydrogens is 234 g/mol. The van der Waals surface area contributed by atoms with E-state index < -0.39 is 8.80 Å². The van der Waals surface area contributed by atoms with Crippen molar-refractivity contribution >= 4 is 8.80 Å². The molecule has 1 heterocycles. The molecule has 2 heteroatoms. The lowest BCUT2D eigenvalue weighted by atomic mass is 10.1. The molecule has 0 spiro atoms. The maximum atomic E-state index is 2.71. The fourth-order valence-corrected chi connectivity index (χ4v) is 4.61. The molecule has 1 rings (SSSR count). The van der Waals surface area contributed by atoms with Crippen molar-refractivity contribution in [1.29, 1.82) is 0 Å². The Morgan fingerprint density at radius 3 is 1.94 bits per heavy atom. The summed E-state index contributed by atoms with van der Waals surface area (Å²) >= 11 is 0. The van der Waals surface area contributed by atoms with E-state index in [-0.39, 0.29) is 0 Å². The highest BCUT2D eigenvalue weighted by Crippen LogP contribution is 2.14. The van der Waals surface area contributed by atoms with E-state index in [1.54, 1.807) is 0 Å². The van der Waals surface area contributed by atoms with Gasteiger partial charge in [-0.1, -0.05) is 57.7 Å². The van der Waals surface area contributed by atoms with Crippen molar-refractivity contribution in [2.75, 3.05) is 13.1 Å². The van der Waals surface area contributed by atoms with Gasteiger partial charge in [-0.3, -0.25) is 4.90 Å². The lowest BCUT2D eigenvalue weighted by Crippen LogP contribution is -2.33. The van der Waals surface area contributed by atoms with Crippen molar-refractivity contribution in [2.24, 2.45) is 0 Å². The summed E-state index contributed by atoms with van der Waals surface area (Å²) in [6, 6.07) is 3.50. The molecule has 0 aromatic heterocycles. The van der Waals surface area contributed by atoms with Gasteiger partial charge >= 0.3 is 0 Å². The second-order valence-electron chi connectivity index (χ2n) is 5.86. The van der Waals surface area contributed by atoms with E-state index in [2.05, 4.69) is 37.4 Å². The van der Waals surface area contributed by atoms with Gasteiger partial charge in [-0.05, 0) is 32.9 Å². The molecule has 1 atom stereocenters. The minimum absolute atomic E-state index is 0.539. The van der Waals surface area contributed by atoms with Crippen LogP contribution in [0.2, 0.25) is 12.1 Å². The average molecular weight is 268 g/mol. The van der Waals surface area contributed by atoms with Crippen LogP contribution in [-0.4, -0.2) is 32.8 Å². The van der Waals surface area contributed by atoms with Crippen molar-refractivity contribution < 1.29 is 0 Å². The van der Waals surface area contributed by atoms with Crippen LogP contribution >= 0.6 is 0 Å². The number of hydrogen-bond acceptors (Lipinski definition) is 1. The summed E-state index contributed by atoms with van der Waals surface area (Å²) < 4.78 is 0. The number of rotatable bonds is 5. The van der Waals surface area contributed by atoms with Crippen LogP contribution in [0, 0.1) is 0 Å². The molecule has 0 N–H and O–H groups in total. The Morgan fingerprint density at radius 1 is 0.944 bits per heavy atom. The number of nitrogens with zero attached hydrogens (tertiary/aromatic N) is 1. The third kappa shape index (κ3) is 6.19. The minimum atomic E-state index is -0.539. The summed E-state index contributed by atoms with van der Waals surface area (Å²) in [6.45, 7) is 9.74. The van der Waals surface area contributed by atoms with Gasteiger partial charge in [0.1, 0.15) is 0 Å². The third-order valence-electron chi connectivity index (χ3n) is 4.43. The summed E-state index contributed by atoms with van der Waals surface area (Å²) in [5.74, 6) is 0. The molecule has 1 saturated heterocycles. The van der Waals surface area contributed by atoms with Crippen LogP contribution < -0.4 is 0 Å². The summed E-state index contributed by atoms with van der Waals surface area (Å²) in [5.41, 5.74) is 2.59. The standard InChI is InChI=1S/C16H33NSi/c1-4-18(5-2)15-12-16(3)17-13-10-8-6-7-9-11-14-17/h12,15-16,18H,4-11,13-14H2,1-3H3. The van der Waals surface area contributed by atoms with Gasteiger partial charge in [-0.2, -0.15) is 0 Å². The van der Waals surface area contributed by atoms with Gasteiger partial charge in [0.2, 0.25) is 0 Å². The third-order valence-corrected chi connectivity index (χ3v) is 7.29. The molecule has 0 amide bonds. The van der Waals surface area contributed by atoms with Crippen LogP contribution in [0.3, 0.4) is 0 Å². The fraction of sp³-hybridized carbons (Fsp3) is 0.875. The Hall–Kier alpha value is -0.0831. The highest BCUT2D eigenvalue weighted by atomic mass is 28.3. The monoisotopic (exact) mass is 267 g/mol. The van der Waals surface area contributed by atoms with Gasteiger partial charge in [0.15, 0.2) is 0 Å². The van der Waals surface area contributed by atoms with E-state index in [4.69, 9.17) is 0 Å². The predicted molar refractivity (Wildman–Crippen MR) is 86.0 cm³/mol. The van der Waals surface area contributed by atoms with Crippen LogP contribution in [0.5, 0.6) is 0 Å². The highest BCUT2D eigenvalue weighted by molar-refractivity contribution is 6.64. The summed E-state index contributed by atoms with van der Waals surface area (Å²) in [4.78, 5) is 2.71. The topological polar surface area (TPSA) is 3.24 Å². The van der Waals surface area contributed by atoms with Gasteiger partial charge < -0.3 is 0 Å². The SMILES string of the molecule is CC[SiH](C=CC(C)N1CCCCCCCC1)CC. The molecule has 0 aromatic carbocycles. The molecule has 1 fully saturated rings. The van der Waals surface area contributed by atoms with Crippen molar-refractivity contribution in [3.05, 3.63) is 11.8 Å². The summed E-state index contributed by atoms with van der Waals surface area (Å²) in [6.07, 6.45) is 11.1. The first-order valence-electron chi connectivity index (χ1n) is 8.20. The first-order valence-corrected chi connectivity index (χ1v) is 10.5. The Morgan fingerprint density at radius 2 is 1.44 bits per heavy atom. The Kier molecular flexibility index (Phi) is 8.69.